The van der Waals surface area contributed by atoms with Gasteiger partial charge in [0, 0.05) is 12.2 Å². The summed E-state index contributed by atoms with van der Waals surface area (Å²) in [6.07, 6.45) is 0. The van der Waals surface area contributed by atoms with E-state index in [0.717, 1.165) is 11.3 Å². The molecule has 0 aliphatic heterocycles. The number of aryl methyl sites for hydroxylation is 1. The number of hydrogen-bond donors (Lipinski definition) is 2. The molecule has 0 aliphatic carbocycles. The fourth-order valence-corrected chi connectivity index (χ4v) is 4.34. The molecule has 4 aromatic rings. The molecule has 8 heteroatoms. The molecule has 0 unspecified atom stereocenters. The van der Waals surface area contributed by atoms with Crippen LogP contribution >= 0.6 is 11.8 Å². The predicted molar refractivity (Wildman–Crippen MR) is 129 cm³/mol. The lowest BCUT2D eigenvalue weighted by atomic mass is 10.0. The first-order valence-electron chi connectivity index (χ1n) is 10.7. The fraction of sp³-hybridized carbons (Fsp3) is 0.240. The van der Waals surface area contributed by atoms with Gasteiger partial charge in [0.05, 0.1) is 17.0 Å². The predicted octanol–water partition coefficient (Wildman–Crippen LogP) is 4.69. The Kier molecular flexibility index (Phi) is 6.65. The van der Waals surface area contributed by atoms with Crippen LogP contribution in [0.4, 0.5) is 4.39 Å². The number of H-pyrrole nitrogens is 1. The molecule has 0 spiro atoms. The van der Waals surface area contributed by atoms with E-state index < -0.39 is 5.82 Å². The number of fused-ring (bicyclic) bond motifs is 1. The van der Waals surface area contributed by atoms with E-state index in [-0.39, 0.29) is 17.2 Å². The third-order valence-corrected chi connectivity index (χ3v) is 6.25. The van der Waals surface area contributed by atoms with E-state index in [1.54, 1.807) is 6.07 Å². The van der Waals surface area contributed by atoms with E-state index in [1.165, 1.54) is 46.2 Å². The minimum absolute atomic E-state index is 0.0899. The molecule has 2 heterocycles. The lowest BCUT2D eigenvalue weighted by Gasteiger charge is -2.12. The van der Waals surface area contributed by atoms with Crippen molar-refractivity contribution in [3.8, 4) is 5.69 Å². The molecule has 1 amide bonds. The third kappa shape index (κ3) is 5.17. The number of nitrogens with one attached hydrogen (secondary N) is 2. The number of hydrogen-bond acceptors (Lipinski definition) is 4. The fourth-order valence-electron chi connectivity index (χ4n) is 3.49. The van der Waals surface area contributed by atoms with Gasteiger partial charge in [0.15, 0.2) is 5.16 Å². The van der Waals surface area contributed by atoms with Crippen LogP contribution in [0.1, 0.15) is 36.6 Å². The van der Waals surface area contributed by atoms with Gasteiger partial charge < -0.3 is 10.3 Å². The second-order valence-electron chi connectivity index (χ2n) is 8.19. The van der Waals surface area contributed by atoms with Crippen molar-refractivity contribution >= 4 is 28.7 Å². The van der Waals surface area contributed by atoms with Gasteiger partial charge in [-0.1, -0.05) is 49.9 Å². The smallest absolute Gasteiger partial charge is 0.283 e. The highest BCUT2D eigenvalue weighted by Crippen LogP contribution is 2.22. The SMILES string of the molecule is Cc1cc2nc(SCC(=O)NCc3ccc(C(C)C)cc3)n(-c3ccc(F)cc3)c(=O)c2[nH]1. The largest absolute Gasteiger partial charge is 0.353 e. The summed E-state index contributed by atoms with van der Waals surface area (Å²) < 4.78 is 14.8. The lowest BCUT2D eigenvalue weighted by molar-refractivity contribution is -0.118. The van der Waals surface area contributed by atoms with Crippen molar-refractivity contribution in [3.05, 3.63) is 87.6 Å². The molecule has 2 N–H and O–H groups in total. The molecule has 0 fully saturated rings. The molecule has 0 aliphatic rings. The molecule has 0 saturated heterocycles. The minimum atomic E-state index is -0.397. The summed E-state index contributed by atoms with van der Waals surface area (Å²) in [5, 5.41) is 3.28. The average molecular weight is 465 g/mol. The highest BCUT2D eigenvalue weighted by Gasteiger charge is 2.16. The van der Waals surface area contributed by atoms with E-state index in [4.69, 9.17) is 0 Å². The summed E-state index contributed by atoms with van der Waals surface area (Å²) in [6, 6.07) is 15.6. The Morgan fingerprint density at radius 3 is 2.52 bits per heavy atom. The summed E-state index contributed by atoms with van der Waals surface area (Å²) in [5.74, 6) is -0.0192. The number of aromatic nitrogens is 3. The van der Waals surface area contributed by atoms with Crippen LogP contribution in [0.3, 0.4) is 0 Å². The molecule has 4 rings (SSSR count). The summed E-state index contributed by atoms with van der Waals surface area (Å²) in [5.41, 5.74) is 4.16. The van der Waals surface area contributed by atoms with Gasteiger partial charge in [0.2, 0.25) is 5.91 Å². The molecule has 0 radical (unpaired) electrons. The molecule has 2 aromatic heterocycles. The zero-order chi connectivity index (χ0) is 23.5. The molecule has 33 heavy (non-hydrogen) atoms. The number of nitrogens with zero attached hydrogens (tertiary/aromatic N) is 2. The Bertz CT molecular complexity index is 1340. The zero-order valence-electron chi connectivity index (χ0n) is 18.7. The van der Waals surface area contributed by atoms with Crippen molar-refractivity contribution in [3.63, 3.8) is 0 Å². The van der Waals surface area contributed by atoms with Gasteiger partial charge in [-0.3, -0.25) is 14.2 Å². The number of halogens is 1. The second-order valence-corrected chi connectivity index (χ2v) is 9.13. The summed E-state index contributed by atoms with van der Waals surface area (Å²) in [4.78, 5) is 33.3. The highest BCUT2D eigenvalue weighted by atomic mass is 32.2. The first-order chi connectivity index (χ1) is 15.8. The number of benzene rings is 2. The molecular weight excluding hydrogens is 439 g/mol. The van der Waals surface area contributed by atoms with Crippen molar-refractivity contribution in [2.75, 3.05) is 5.75 Å². The monoisotopic (exact) mass is 464 g/mol. The van der Waals surface area contributed by atoms with Crippen molar-refractivity contribution < 1.29 is 9.18 Å². The first-order valence-corrected chi connectivity index (χ1v) is 11.7. The highest BCUT2D eigenvalue weighted by molar-refractivity contribution is 7.99. The van der Waals surface area contributed by atoms with Crippen LogP contribution in [-0.2, 0) is 11.3 Å². The quantitative estimate of drug-likeness (QED) is 0.307. The summed E-state index contributed by atoms with van der Waals surface area (Å²) in [7, 11) is 0. The number of amides is 1. The van der Waals surface area contributed by atoms with E-state index in [0.29, 0.717) is 34.3 Å². The van der Waals surface area contributed by atoms with Gasteiger partial charge in [-0.2, -0.15) is 0 Å². The number of carbonyl (C=O) groups excluding carboxylic acids is 1. The normalized spacial score (nSPS) is 11.3. The molecule has 0 saturated carbocycles. The van der Waals surface area contributed by atoms with Gasteiger partial charge in [0.25, 0.3) is 5.56 Å². The van der Waals surface area contributed by atoms with E-state index in [2.05, 4.69) is 41.3 Å². The minimum Gasteiger partial charge on any atom is -0.353 e. The van der Waals surface area contributed by atoms with Gasteiger partial charge in [-0.25, -0.2) is 9.37 Å². The van der Waals surface area contributed by atoms with Crippen LogP contribution in [-0.4, -0.2) is 26.2 Å². The molecule has 6 nitrogen and oxygen atoms in total. The van der Waals surface area contributed by atoms with Crippen LogP contribution in [0.25, 0.3) is 16.7 Å². The molecular formula is C25H25FN4O2S. The zero-order valence-corrected chi connectivity index (χ0v) is 19.5. The van der Waals surface area contributed by atoms with Crippen LogP contribution < -0.4 is 10.9 Å². The number of rotatable bonds is 7. The third-order valence-electron chi connectivity index (χ3n) is 5.31. The van der Waals surface area contributed by atoms with Gasteiger partial charge in [-0.05, 0) is 54.3 Å². The topological polar surface area (TPSA) is 79.8 Å². The van der Waals surface area contributed by atoms with E-state index in [1.807, 2.05) is 19.1 Å². The van der Waals surface area contributed by atoms with Crippen molar-refractivity contribution in [1.82, 2.24) is 19.9 Å². The maximum absolute atomic E-state index is 13.4. The Morgan fingerprint density at radius 1 is 1.15 bits per heavy atom. The molecule has 2 aromatic carbocycles. The maximum atomic E-state index is 13.4. The van der Waals surface area contributed by atoms with Crippen LogP contribution in [0, 0.1) is 12.7 Å². The molecule has 0 atom stereocenters. The van der Waals surface area contributed by atoms with Gasteiger partial charge in [0.1, 0.15) is 11.3 Å². The standard InChI is InChI=1S/C25H25FN4O2S/c1-15(2)18-6-4-17(5-7-18)13-27-22(31)14-33-25-29-21-12-16(3)28-23(21)24(32)30(25)20-10-8-19(26)9-11-20/h4-12,15,28H,13-14H2,1-3H3,(H,27,31). The lowest BCUT2D eigenvalue weighted by Crippen LogP contribution is -2.26. The number of thioether (sulfide) groups is 1. The van der Waals surface area contributed by atoms with Crippen molar-refractivity contribution in [2.45, 2.75) is 38.4 Å². The summed E-state index contributed by atoms with van der Waals surface area (Å²) >= 11 is 1.17. The Hall–Kier alpha value is -3.39. The molecule has 0 bridgehead atoms. The Morgan fingerprint density at radius 2 is 1.85 bits per heavy atom. The second kappa shape index (κ2) is 9.62. The van der Waals surface area contributed by atoms with Crippen molar-refractivity contribution in [1.29, 1.82) is 0 Å². The van der Waals surface area contributed by atoms with E-state index in [9.17, 15) is 14.0 Å². The van der Waals surface area contributed by atoms with E-state index >= 15 is 0 Å². The van der Waals surface area contributed by atoms with Crippen molar-refractivity contribution in [2.24, 2.45) is 0 Å². The van der Waals surface area contributed by atoms with Crippen LogP contribution in [0.5, 0.6) is 0 Å². The summed E-state index contributed by atoms with van der Waals surface area (Å²) in [6.45, 7) is 6.54. The maximum Gasteiger partial charge on any atom is 0.283 e. The molecule has 170 valence electrons. The van der Waals surface area contributed by atoms with Crippen LogP contribution in [0.15, 0.2) is 64.5 Å². The van der Waals surface area contributed by atoms with Gasteiger partial charge in [-0.15, -0.1) is 0 Å². The Balaban J connectivity index is 1.52. The number of carbonyl (C=O) groups is 1. The Labute approximate surface area is 195 Å². The van der Waals surface area contributed by atoms with Gasteiger partial charge >= 0.3 is 0 Å². The first kappa shape index (κ1) is 22.8. The van der Waals surface area contributed by atoms with Crippen LogP contribution in [0.2, 0.25) is 0 Å². The average Bonchev–Trinajstić information content (AvgIpc) is 3.18. The number of aromatic amines is 1.